The number of imidazole rings is 1. The van der Waals surface area contributed by atoms with E-state index < -0.39 is 11.9 Å². The summed E-state index contributed by atoms with van der Waals surface area (Å²) in [6.45, 7) is 1.63. The number of nitrogens with one attached hydrogen (secondary N) is 1. The van der Waals surface area contributed by atoms with Crippen LogP contribution in [-0.2, 0) is 45.1 Å². The van der Waals surface area contributed by atoms with Crippen molar-refractivity contribution in [3.05, 3.63) is 76.7 Å². The molecule has 0 bridgehead atoms. The Morgan fingerprint density at radius 3 is 2.59 bits per heavy atom. The van der Waals surface area contributed by atoms with Crippen molar-refractivity contribution in [2.24, 2.45) is 0 Å². The number of carbonyl (C=O) groups excluding carboxylic acids is 2. The van der Waals surface area contributed by atoms with Gasteiger partial charge in [-0.25, -0.2) is 14.6 Å². The standard InChI is InChI=1S/C24H25N5O3S.C4H4O4/c1-32-18-4-2-3-17(13-18)5-6-22(30)27-24-20(14-25)19-7-11-29(15-21(19)33-24)23(31)8-10-28-12-9-26-16-28;5-3(6)1-2-4(7)8/h2-4,9,12-13,16H,5-8,10-11,15H2,1H3,(H,27,30);1-2H,(H,5,6)(H,7,8). The average molecular weight is 580 g/mol. The molecule has 0 fully saturated rings. The van der Waals surface area contributed by atoms with Gasteiger partial charge in [0, 0.05) is 55.4 Å². The molecule has 214 valence electrons. The Bertz CT molecular complexity index is 1440. The van der Waals surface area contributed by atoms with E-state index >= 15 is 0 Å². The van der Waals surface area contributed by atoms with Crippen LogP contribution in [0.1, 0.15) is 34.4 Å². The lowest BCUT2D eigenvalue weighted by Crippen LogP contribution is -2.35. The summed E-state index contributed by atoms with van der Waals surface area (Å²) in [6, 6.07) is 9.89. The number of rotatable bonds is 10. The van der Waals surface area contributed by atoms with E-state index in [0.29, 0.717) is 68.0 Å². The minimum atomic E-state index is -1.26. The van der Waals surface area contributed by atoms with Crippen molar-refractivity contribution >= 4 is 40.1 Å². The zero-order chi connectivity index (χ0) is 29.8. The molecular formula is C28H29N5O7S. The Morgan fingerprint density at radius 2 is 1.95 bits per heavy atom. The van der Waals surface area contributed by atoms with Crippen LogP contribution in [-0.4, -0.2) is 62.1 Å². The number of amides is 2. The van der Waals surface area contributed by atoms with Crippen LogP contribution in [0.5, 0.6) is 5.75 Å². The maximum atomic E-state index is 12.7. The Labute approximate surface area is 240 Å². The van der Waals surface area contributed by atoms with E-state index in [9.17, 15) is 24.4 Å². The highest BCUT2D eigenvalue weighted by atomic mass is 32.1. The van der Waals surface area contributed by atoms with Gasteiger partial charge in [0.25, 0.3) is 0 Å². The minimum Gasteiger partial charge on any atom is -0.497 e. The van der Waals surface area contributed by atoms with E-state index in [1.165, 1.54) is 11.3 Å². The fourth-order valence-electron chi connectivity index (χ4n) is 4.04. The van der Waals surface area contributed by atoms with Gasteiger partial charge in [-0.1, -0.05) is 12.1 Å². The molecule has 2 amide bonds. The number of aliphatic carboxylic acids is 2. The molecule has 0 atom stereocenters. The van der Waals surface area contributed by atoms with Gasteiger partial charge in [0.15, 0.2) is 0 Å². The normalized spacial score (nSPS) is 12.0. The summed E-state index contributed by atoms with van der Waals surface area (Å²) in [4.78, 5) is 51.1. The van der Waals surface area contributed by atoms with Crippen molar-refractivity contribution in [1.82, 2.24) is 14.5 Å². The molecule has 0 saturated carbocycles. The monoisotopic (exact) mass is 579 g/mol. The highest BCUT2D eigenvalue weighted by molar-refractivity contribution is 7.16. The van der Waals surface area contributed by atoms with E-state index in [0.717, 1.165) is 21.8 Å². The van der Waals surface area contributed by atoms with Gasteiger partial charge in [0.1, 0.15) is 16.8 Å². The molecule has 0 radical (unpaired) electrons. The predicted molar refractivity (Wildman–Crippen MR) is 149 cm³/mol. The van der Waals surface area contributed by atoms with Crippen LogP contribution in [0, 0.1) is 11.3 Å². The predicted octanol–water partition coefficient (Wildman–Crippen LogP) is 3.08. The first-order valence-corrected chi connectivity index (χ1v) is 13.4. The highest BCUT2D eigenvalue weighted by Gasteiger charge is 2.27. The van der Waals surface area contributed by atoms with Crippen LogP contribution in [0.25, 0.3) is 0 Å². The van der Waals surface area contributed by atoms with Gasteiger partial charge in [0.05, 0.1) is 25.5 Å². The van der Waals surface area contributed by atoms with Gasteiger partial charge in [-0.05, 0) is 36.1 Å². The van der Waals surface area contributed by atoms with Crippen molar-refractivity contribution in [1.29, 1.82) is 5.26 Å². The molecular weight excluding hydrogens is 550 g/mol. The summed E-state index contributed by atoms with van der Waals surface area (Å²) in [7, 11) is 1.61. The molecule has 1 aliphatic rings. The summed E-state index contributed by atoms with van der Waals surface area (Å²) >= 11 is 1.40. The topological polar surface area (TPSA) is 175 Å². The molecule has 3 heterocycles. The smallest absolute Gasteiger partial charge is 0.328 e. The maximum absolute atomic E-state index is 12.7. The number of carboxylic acid groups (broad SMARTS) is 2. The highest BCUT2D eigenvalue weighted by Crippen LogP contribution is 2.37. The van der Waals surface area contributed by atoms with E-state index in [4.69, 9.17) is 14.9 Å². The lowest BCUT2D eigenvalue weighted by Gasteiger charge is -2.27. The molecule has 3 N–H and O–H groups in total. The summed E-state index contributed by atoms with van der Waals surface area (Å²) in [6.07, 6.45) is 8.24. The van der Waals surface area contributed by atoms with E-state index in [1.54, 1.807) is 19.6 Å². The van der Waals surface area contributed by atoms with Crippen LogP contribution in [0.15, 0.2) is 55.1 Å². The first-order valence-electron chi connectivity index (χ1n) is 12.5. The van der Waals surface area contributed by atoms with Crippen molar-refractivity contribution in [3.8, 4) is 11.8 Å². The third-order valence-corrected chi connectivity index (χ3v) is 7.19. The second-order valence-electron chi connectivity index (χ2n) is 8.85. The molecule has 1 aliphatic heterocycles. The zero-order valence-corrected chi connectivity index (χ0v) is 23.1. The minimum absolute atomic E-state index is 0.0742. The van der Waals surface area contributed by atoms with E-state index in [-0.39, 0.29) is 11.8 Å². The number of thiophene rings is 1. The first kappa shape index (κ1) is 30.6. The molecule has 0 saturated heterocycles. The summed E-state index contributed by atoms with van der Waals surface area (Å²) in [5.41, 5.74) is 2.49. The second-order valence-corrected chi connectivity index (χ2v) is 9.95. The van der Waals surface area contributed by atoms with Crippen LogP contribution < -0.4 is 10.1 Å². The van der Waals surface area contributed by atoms with Gasteiger partial charge >= 0.3 is 11.9 Å². The van der Waals surface area contributed by atoms with Gasteiger partial charge < -0.3 is 29.7 Å². The number of carboxylic acids is 2. The molecule has 3 aromatic rings. The Kier molecular flexibility index (Phi) is 11.2. The molecule has 13 heteroatoms. The van der Waals surface area contributed by atoms with Gasteiger partial charge in [0.2, 0.25) is 11.8 Å². The number of aromatic nitrogens is 2. The quantitative estimate of drug-likeness (QED) is 0.305. The number of hydrogen-bond acceptors (Lipinski definition) is 8. The molecule has 1 aromatic carbocycles. The number of ether oxygens (including phenoxy) is 1. The number of anilines is 1. The van der Waals surface area contributed by atoms with Crippen LogP contribution in [0.4, 0.5) is 5.00 Å². The largest absolute Gasteiger partial charge is 0.497 e. The van der Waals surface area contributed by atoms with Gasteiger partial charge in [-0.15, -0.1) is 11.3 Å². The Hall–Kier alpha value is -4.96. The van der Waals surface area contributed by atoms with Gasteiger partial charge in [-0.3, -0.25) is 9.59 Å². The molecule has 41 heavy (non-hydrogen) atoms. The number of carbonyl (C=O) groups is 4. The number of nitrogens with zero attached hydrogens (tertiary/aromatic N) is 4. The molecule has 4 rings (SSSR count). The van der Waals surface area contributed by atoms with Crippen molar-refractivity contribution in [2.45, 2.75) is 38.8 Å². The van der Waals surface area contributed by atoms with Crippen molar-refractivity contribution in [2.75, 3.05) is 19.0 Å². The van der Waals surface area contributed by atoms with Crippen LogP contribution in [0.3, 0.4) is 0 Å². The number of hydrogen-bond donors (Lipinski definition) is 3. The third-order valence-electron chi connectivity index (χ3n) is 6.06. The molecule has 12 nitrogen and oxygen atoms in total. The average Bonchev–Trinajstić information content (AvgIpc) is 3.61. The lowest BCUT2D eigenvalue weighted by molar-refractivity contribution is -0.134. The number of aryl methyl sites for hydroxylation is 2. The summed E-state index contributed by atoms with van der Waals surface area (Å²) < 4.78 is 7.11. The van der Waals surface area contributed by atoms with Crippen LogP contribution in [0.2, 0.25) is 0 Å². The first-order chi connectivity index (χ1) is 19.7. The number of benzene rings is 1. The Balaban J connectivity index is 0.000000507. The number of fused-ring (bicyclic) bond motifs is 1. The number of nitriles is 1. The fraction of sp³-hybridized carbons (Fsp3) is 0.286. The molecule has 0 unspecified atom stereocenters. The van der Waals surface area contributed by atoms with E-state index in [2.05, 4.69) is 16.4 Å². The SMILES string of the molecule is COc1cccc(CCC(=O)Nc2sc3c(c2C#N)CCN(C(=O)CCn2ccnc2)C3)c1.O=C(O)C=CC(=O)O. The van der Waals surface area contributed by atoms with Crippen molar-refractivity contribution in [3.63, 3.8) is 0 Å². The van der Waals surface area contributed by atoms with Crippen molar-refractivity contribution < 1.29 is 34.1 Å². The summed E-state index contributed by atoms with van der Waals surface area (Å²) in [5, 5.41) is 28.8. The zero-order valence-electron chi connectivity index (χ0n) is 22.3. The Morgan fingerprint density at radius 1 is 1.20 bits per heavy atom. The lowest BCUT2D eigenvalue weighted by atomic mass is 10.0. The molecule has 0 aliphatic carbocycles. The maximum Gasteiger partial charge on any atom is 0.328 e. The van der Waals surface area contributed by atoms with Crippen LogP contribution >= 0.6 is 11.3 Å². The summed E-state index contributed by atoms with van der Waals surface area (Å²) in [5.74, 6) is -1.82. The molecule has 2 aromatic heterocycles. The number of methoxy groups -OCH3 is 1. The van der Waals surface area contributed by atoms with Gasteiger partial charge in [-0.2, -0.15) is 5.26 Å². The molecule has 0 spiro atoms. The third kappa shape index (κ3) is 9.33. The fourth-order valence-corrected chi connectivity index (χ4v) is 5.27. The van der Waals surface area contributed by atoms with E-state index in [1.807, 2.05) is 39.9 Å². The second kappa shape index (κ2) is 15.0.